The van der Waals surface area contributed by atoms with Gasteiger partial charge in [-0.1, -0.05) is 12.1 Å². The zero-order valence-electron chi connectivity index (χ0n) is 11.7. The number of hydrogen-bond donors (Lipinski definition) is 3. The molecular formula is C16H16N4O. The lowest BCUT2D eigenvalue weighted by Crippen LogP contribution is -2.23. The minimum absolute atomic E-state index is 0.163. The molecule has 5 heteroatoms. The van der Waals surface area contributed by atoms with Gasteiger partial charge in [0.1, 0.15) is 0 Å². The van der Waals surface area contributed by atoms with E-state index in [-0.39, 0.29) is 5.91 Å². The van der Waals surface area contributed by atoms with Gasteiger partial charge >= 0.3 is 0 Å². The number of nitriles is 1. The molecule has 0 heterocycles. The molecule has 0 aliphatic rings. The highest BCUT2D eigenvalue weighted by atomic mass is 16.1. The van der Waals surface area contributed by atoms with E-state index in [1.807, 2.05) is 13.0 Å². The second kappa shape index (κ2) is 6.55. The largest absolute Gasteiger partial charge is 0.348 e. The molecule has 0 atom stereocenters. The molecule has 0 spiro atoms. The van der Waals surface area contributed by atoms with Gasteiger partial charge in [0.05, 0.1) is 17.3 Å². The van der Waals surface area contributed by atoms with E-state index in [1.165, 1.54) is 0 Å². The van der Waals surface area contributed by atoms with E-state index in [0.717, 1.165) is 16.8 Å². The first-order chi connectivity index (χ1) is 10.1. The predicted molar refractivity (Wildman–Crippen MR) is 81.3 cm³/mol. The van der Waals surface area contributed by atoms with E-state index in [0.29, 0.717) is 17.7 Å². The van der Waals surface area contributed by atoms with Crippen molar-refractivity contribution in [3.05, 3.63) is 64.7 Å². The highest BCUT2D eigenvalue weighted by molar-refractivity contribution is 5.94. The number of carbonyl (C=O) groups excluding carboxylic acids is 1. The molecule has 0 aliphatic heterocycles. The van der Waals surface area contributed by atoms with Gasteiger partial charge in [0.2, 0.25) is 0 Å². The van der Waals surface area contributed by atoms with Gasteiger partial charge in [-0.2, -0.15) is 5.26 Å². The topological polar surface area (TPSA) is 90.9 Å². The van der Waals surface area contributed by atoms with Crippen LogP contribution in [-0.2, 0) is 6.54 Å². The Labute approximate surface area is 123 Å². The van der Waals surface area contributed by atoms with Crippen molar-refractivity contribution in [2.75, 3.05) is 5.43 Å². The van der Waals surface area contributed by atoms with Crippen LogP contribution in [0.4, 0.5) is 5.69 Å². The summed E-state index contributed by atoms with van der Waals surface area (Å²) in [5.74, 6) is 5.20. The number of nitrogens with zero attached hydrogens (tertiary/aromatic N) is 1. The van der Waals surface area contributed by atoms with E-state index < -0.39 is 0 Å². The van der Waals surface area contributed by atoms with Crippen LogP contribution >= 0.6 is 0 Å². The minimum Gasteiger partial charge on any atom is -0.348 e. The van der Waals surface area contributed by atoms with Crippen LogP contribution in [0.15, 0.2) is 42.5 Å². The van der Waals surface area contributed by atoms with Gasteiger partial charge in [-0.15, -0.1) is 0 Å². The highest BCUT2D eigenvalue weighted by Crippen LogP contribution is 2.15. The third kappa shape index (κ3) is 3.59. The van der Waals surface area contributed by atoms with Crippen LogP contribution in [0.1, 0.15) is 27.0 Å². The standard InChI is InChI=1S/C16H16N4O/c1-11-7-14(5-6-15(11)20-18)16(21)19-10-13-4-2-3-12(8-13)9-17/h2-8,20H,10,18H2,1H3,(H,19,21). The Balaban J connectivity index is 2.04. The zero-order chi connectivity index (χ0) is 15.2. The molecule has 0 aromatic heterocycles. The summed E-state index contributed by atoms with van der Waals surface area (Å²) >= 11 is 0. The summed E-state index contributed by atoms with van der Waals surface area (Å²) in [4.78, 5) is 12.1. The van der Waals surface area contributed by atoms with Crippen LogP contribution in [0, 0.1) is 18.3 Å². The first kappa shape index (κ1) is 14.6. The fourth-order valence-corrected chi connectivity index (χ4v) is 2.00. The molecule has 0 fully saturated rings. The maximum absolute atomic E-state index is 12.1. The molecule has 5 nitrogen and oxygen atoms in total. The van der Waals surface area contributed by atoms with Crippen LogP contribution in [0.3, 0.4) is 0 Å². The number of nitrogens with one attached hydrogen (secondary N) is 2. The molecule has 106 valence electrons. The first-order valence-corrected chi connectivity index (χ1v) is 6.48. The number of rotatable bonds is 4. The number of anilines is 1. The fraction of sp³-hybridized carbons (Fsp3) is 0.125. The average molecular weight is 280 g/mol. The summed E-state index contributed by atoms with van der Waals surface area (Å²) in [6.45, 7) is 2.26. The van der Waals surface area contributed by atoms with Gasteiger partial charge < -0.3 is 10.7 Å². The molecule has 0 saturated carbocycles. The third-order valence-electron chi connectivity index (χ3n) is 3.15. The van der Waals surface area contributed by atoms with Gasteiger partial charge in [-0.3, -0.25) is 10.6 Å². The van der Waals surface area contributed by atoms with Crippen molar-refractivity contribution in [2.45, 2.75) is 13.5 Å². The number of hydrazine groups is 1. The number of nitrogens with two attached hydrogens (primary N) is 1. The SMILES string of the molecule is Cc1cc(C(=O)NCc2cccc(C#N)c2)ccc1NN. The van der Waals surface area contributed by atoms with Crippen molar-refractivity contribution in [3.63, 3.8) is 0 Å². The molecule has 1 amide bonds. The molecule has 0 radical (unpaired) electrons. The number of carbonyl (C=O) groups is 1. The van der Waals surface area contributed by atoms with Crippen molar-refractivity contribution >= 4 is 11.6 Å². The van der Waals surface area contributed by atoms with Gasteiger partial charge in [0.15, 0.2) is 0 Å². The van der Waals surface area contributed by atoms with Gasteiger partial charge in [-0.25, -0.2) is 0 Å². The number of benzene rings is 2. The Morgan fingerprint density at radius 2 is 2.10 bits per heavy atom. The summed E-state index contributed by atoms with van der Waals surface area (Å²) in [6.07, 6.45) is 0. The van der Waals surface area contributed by atoms with Crippen LogP contribution in [0.2, 0.25) is 0 Å². The van der Waals surface area contributed by atoms with Crippen molar-refractivity contribution in [1.29, 1.82) is 5.26 Å². The van der Waals surface area contributed by atoms with Crippen LogP contribution < -0.4 is 16.6 Å². The number of nitrogen functional groups attached to an aromatic ring is 1. The maximum Gasteiger partial charge on any atom is 0.251 e. The summed E-state index contributed by atoms with van der Waals surface area (Å²) in [6, 6.07) is 14.5. The molecule has 2 aromatic rings. The van der Waals surface area contributed by atoms with Gasteiger partial charge in [0, 0.05) is 12.1 Å². The maximum atomic E-state index is 12.1. The minimum atomic E-state index is -0.163. The molecule has 0 bridgehead atoms. The first-order valence-electron chi connectivity index (χ1n) is 6.48. The van der Waals surface area contributed by atoms with E-state index in [2.05, 4.69) is 16.8 Å². The van der Waals surface area contributed by atoms with Crippen LogP contribution in [-0.4, -0.2) is 5.91 Å². The van der Waals surface area contributed by atoms with Crippen molar-refractivity contribution < 1.29 is 4.79 Å². The Kier molecular flexibility index (Phi) is 4.54. The fourth-order valence-electron chi connectivity index (χ4n) is 2.00. The van der Waals surface area contributed by atoms with Crippen LogP contribution in [0.25, 0.3) is 0 Å². The Bertz CT molecular complexity index is 704. The normalized spacial score (nSPS) is 9.76. The molecule has 0 aliphatic carbocycles. The van der Waals surface area contributed by atoms with Gasteiger partial charge in [0.25, 0.3) is 5.91 Å². The summed E-state index contributed by atoms with van der Waals surface area (Å²) in [7, 11) is 0. The Hall–Kier alpha value is -2.84. The lowest BCUT2D eigenvalue weighted by molar-refractivity contribution is 0.0951. The number of amides is 1. The van der Waals surface area contributed by atoms with Gasteiger partial charge in [-0.05, 0) is 48.4 Å². The smallest absolute Gasteiger partial charge is 0.251 e. The predicted octanol–water partition coefficient (Wildman–Crippen LogP) is 2.08. The molecule has 0 unspecified atom stereocenters. The summed E-state index contributed by atoms with van der Waals surface area (Å²) in [5.41, 5.74) is 6.29. The third-order valence-corrected chi connectivity index (χ3v) is 3.15. The summed E-state index contributed by atoms with van der Waals surface area (Å²) < 4.78 is 0. The number of aryl methyl sites for hydroxylation is 1. The molecule has 2 rings (SSSR count). The monoisotopic (exact) mass is 280 g/mol. The quantitative estimate of drug-likeness (QED) is 0.590. The molecule has 2 aromatic carbocycles. The van der Waals surface area contributed by atoms with E-state index >= 15 is 0 Å². The second-order valence-electron chi connectivity index (χ2n) is 4.67. The molecule has 0 saturated heterocycles. The van der Waals surface area contributed by atoms with E-state index in [1.54, 1.807) is 36.4 Å². The highest BCUT2D eigenvalue weighted by Gasteiger charge is 2.07. The molecule has 4 N–H and O–H groups in total. The lowest BCUT2D eigenvalue weighted by atomic mass is 10.1. The van der Waals surface area contributed by atoms with E-state index in [9.17, 15) is 4.79 Å². The molecular weight excluding hydrogens is 264 g/mol. The molecule has 21 heavy (non-hydrogen) atoms. The van der Waals surface area contributed by atoms with Crippen molar-refractivity contribution in [2.24, 2.45) is 5.84 Å². The van der Waals surface area contributed by atoms with E-state index in [4.69, 9.17) is 11.1 Å². The number of hydrogen-bond acceptors (Lipinski definition) is 4. The Morgan fingerprint density at radius 1 is 1.29 bits per heavy atom. The van der Waals surface area contributed by atoms with Crippen molar-refractivity contribution in [3.8, 4) is 6.07 Å². The zero-order valence-corrected chi connectivity index (χ0v) is 11.7. The second-order valence-corrected chi connectivity index (χ2v) is 4.67. The Morgan fingerprint density at radius 3 is 2.76 bits per heavy atom. The summed E-state index contributed by atoms with van der Waals surface area (Å²) in [5, 5.41) is 11.7. The lowest BCUT2D eigenvalue weighted by Gasteiger charge is -2.09. The van der Waals surface area contributed by atoms with Crippen LogP contribution in [0.5, 0.6) is 0 Å². The van der Waals surface area contributed by atoms with Crippen molar-refractivity contribution in [1.82, 2.24) is 5.32 Å². The average Bonchev–Trinajstić information content (AvgIpc) is 2.52.